The summed E-state index contributed by atoms with van der Waals surface area (Å²) in [6, 6.07) is 11.3. The molecule has 1 amide bonds. The van der Waals surface area contributed by atoms with Crippen molar-refractivity contribution in [1.82, 2.24) is 4.57 Å². The van der Waals surface area contributed by atoms with Crippen molar-refractivity contribution in [1.29, 1.82) is 0 Å². The molecule has 1 aromatic heterocycles. The Morgan fingerprint density at radius 1 is 1.17 bits per heavy atom. The number of aryl methyl sites for hydroxylation is 1. The molecule has 9 heteroatoms. The highest BCUT2D eigenvalue weighted by Gasteiger charge is 2.13. The van der Waals surface area contributed by atoms with E-state index in [2.05, 4.69) is 15.8 Å². The van der Waals surface area contributed by atoms with Crippen LogP contribution in [0.1, 0.15) is 0 Å². The SMILES string of the molecule is COc1cc2sc(=NC(=O)CSc3ccc(Cl)cc3)n(CCSC)c2cc1OC. The molecule has 2 aromatic carbocycles. The molecule has 0 aliphatic heterocycles. The van der Waals surface area contributed by atoms with E-state index in [1.165, 1.54) is 23.1 Å². The lowest BCUT2D eigenvalue weighted by Crippen LogP contribution is -2.18. The fraction of sp³-hybridized carbons (Fsp3) is 0.300. The number of methoxy groups -OCH3 is 2. The van der Waals surface area contributed by atoms with Crippen molar-refractivity contribution in [3.8, 4) is 11.5 Å². The Labute approximate surface area is 187 Å². The maximum absolute atomic E-state index is 12.5. The largest absolute Gasteiger partial charge is 0.493 e. The third-order valence-corrected chi connectivity index (χ3v) is 6.98. The Bertz CT molecular complexity index is 1060. The minimum Gasteiger partial charge on any atom is -0.493 e. The number of benzene rings is 2. The Kier molecular flexibility index (Phi) is 7.94. The molecule has 5 nitrogen and oxygen atoms in total. The van der Waals surface area contributed by atoms with Gasteiger partial charge >= 0.3 is 0 Å². The zero-order valence-electron chi connectivity index (χ0n) is 16.3. The van der Waals surface area contributed by atoms with Gasteiger partial charge in [0.15, 0.2) is 16.3 Å². The van der Waals surface area contributed by atoms with Gasteiger partial charge in [0, 0.05) is 34.3 Å². The first kappa shape index (κ1) is 22.1. The molecule has 29 heavy (non-hydrogen) atoms. The van der Waals surface area contributed by atoms with Gasteiger partial charge in [-0.3, -0.25) is 4.79 Å². The lowest BCUT2D eigenvalue weighted by Gasteiger charge is -2.09. The number of ether oxygens (including phenoxy) is 2. The molecule has 0 aliphatic rings. The summed E-state index contributed by atoms with van der Waals surface area (Å²) >= 11 is 10.6. The van der Waals surface area contributed by atoms with Crippen LogP contribution in [0.5, 0.6) is 11.5 Å². The van der Waals surface area contributed by atoms with Gasteiger partial charge in [-0.25, -0.2) is 0 Å². The standard InChI is InChI=1S/C20H21ClN2O3S3/c1-25-16-10-15-18(11-17(16)26-2)29-20(23(15)8-9-27-3)22-19(24)12-28-14-6-4-13(21)5-7-14/h4-7,10-11H,8-9,12H2,1-3H3. The zero-order valence-corrected chi connectivity index (χ0v) is 19.5. The predicted molar refractivity (Wildman–Crippen MR) is 124 cm³/mol. The molecule has 0 bridgehead atoms. The fourth-order valence-corrected chi connectivity index (χ4v) is 4.95. The number of carbonyl (C=O) groups is 1. The number of nitrogens with zero attached hydrogens (tertiary/aromatic N) is 2. The highest BCUT2D eigenvalue weighted by atomic mass is 35.5. The average Bonchev–Trinajstić information content (AvgIpc) is 3.06. The quantitative estimate of drug-likeness (QED) is 0.437. The van der Waals surface area contributed by atoms with Gasteiger partial charge in [-0.15, -0.1) is 11.8 Å². The number of fused-ring (bicyclic) bond motifs is 1. The zero-order chi connectivity index (χ0) is 20.8. The number of rotatable bonds is 8. The molecule has 0 saturated carbocycles. The normalized spacial score (nSPS) is 11.8. The Balaban J connectivity index is 1.92. The topological polar surface area (TPSA) is 52.8 Å². The van der Waals surface area contributed by atoms with Gasteiger partial charge in [0.05, 0.1) is 30.2 Å². The lowest BCUT2D eigenvalue weighted by molar-refractivity contribution is -0.115. The van der Waals surface area contributed by atoms with E-state index in [1.54, 1.807) is 26.0 Å². The molecular formula is C20H21ClN2O3S3. The van der Waals surface area contributed by atoms with Crippen LogP contribution in [-0.2, 0) is 11.3 Å². The van der Waals surface area contributed by atoms with E-state index in [9.17, 15) is 4.79 Å². The number of aromatic nitrogens is 1. The van der Waals surface area contributed by atoms with Crippen molar-refractivity contribution in [2.24, 2.45) is 4.99 Å². The second kappa shape index (κ2) is 10.4. The third kappa shape index (κ3) is 5.51. The third-order valence-electron chi connectivity index (χ3n) is 4.10. The minimum absolute atomic E-state index is 0.173. The van der Waals surface area contributed by atoms with Crippen LogP contribution in [0.4, 0.5) is 0 Å². The monoisotopic (exact) mass is 468 g/mol. The van der Waals surface area contributed by atoms with Crippen LogP contribution >= 0.6 is 46.5 Å². The Morgan fingerprint density at radius 3 is 2.52 bits per heavy atom. The van der Waals surface area contributed by atoms with Crippen molar-refractivity contribution in [3.05, 3.63) is 46.2 Å². The van der Waals surface area contributed by atoms with Gasteiger partial charge in [0.25, 0.3) is 5.91 Å². The van der Waals surface area contributed by atoms with Crippen LogP contribution in [0.2, 0.25) is 5.02 Å². The summed E-state index contributed by atoms with van der Waals surface area (Å²) in [4.78, 5) is 18.6. The van der Waals surface area contributed by atoms with E-state index in [-0.39, 0.29) is 11.7 Å². The van der Waals surface area contributed by atoms with Gasteiger partial charge in [0.2, 0.25) is 0 Å². The van der Waals surface area contributed by atoms with Crippen LogP contribution in [0, 0.1) is 0 Å². The maximum Gasteiger partial charge on any atom is 0.258 e. The first-order valence-electron chi connectivity index (χ1n) is 8.76. The number of amides is 1. The van der Waals surface area contributed by atoms with Gasteiger partial charge in [-0.1, -0.05) is 22.9 Å². The molecule has 0 unspecified atom stereocenters. The summed E-state index contributed by atoms with van der Waals surface area (Å²) in [5.74, 6) is 2.33. The fourth-order valence-electron chi connectivity index (χ4n) is 2.70. The number of thioether (sulfide) groups is 2. The van der Waals surface area contributed by atoms with Crippen molar-refractivity contribution < 1.29 is 14.3 Å². The molecular weight excluding hydrogens is 448 g/mol. The number of carbonyl (C=O) groups excluding carboxylic acids is 1. The summed E-state index contributed by atoms with van der Waals surface area (Å²) in [5, 5.41) is 0.677. The molecule has 0 spiro atoms. The van der Waals surface area contributed by atoms with Crippen molar-refractivity contribution in [2.45, 2.75) is 11.4 Å². The second-order valence-electron chi connectivity index (χ2n) is 5.95. The molecule has 0 aliphatic carbocycles. The van der Waals surface area contributed by atoms with E-state index in [0.29, 0.717) is 21.3 Å². The van der Waals surface area contributed by atoms with E-state index in [1.807, 2.05) is 36.4 Å². The molecule has 0 atom stereocenters. The molecule has 154 valence electrons. The van der Waals surface area contributed by atoms with Gasteiger partial charge in [-0.05, 0) is 30.5 Å². The number of hydrogen-bond donors (Lipinski definition) is 0. The number of thiazole rings is 1. The molecule has 0 fully saturated rings. The first-order chi connectivity index (χ1) is 14.0. The summed E-state index contributed by atoms with van der Waals surface area (Å²) in [7, 11) is 3.23. The first-order valence-corrected chi connectivity index (χ1v) is 12.3. The average molecular weight is 469 g/mol. The molecule has 1 heterocycles. The summed E-state index contributed by atoms with van der Waals surface area (Å²) < 4.78 is 13.9. The van der Waals surface area contributed by atoms with E-state index < -0.39 is 0 Å². The van der Waals surface area contributed by atoms with Crippen LogP contribution in [0.25, 0.3) is 10.2 Å². The maximum atomic E-state index is 12.5. The van der Waals surface area contributed by atoms with Crippen LogP contribution in [0.3, 0.4) is 0 Å². The summed E-state index contributed by atoms with van der Waals surface area (Å²) in [5.41, 5.74) is 0.985. The molecule has 3 rings (SSSR count). The van der Waals surface area contributed by atoms with Gasteiger partial charge in [0.1, 0.15) is 0 Å². The summed E-state index contributed by atoms with van der Waals surface area (Å²) in [6.45, 7) is 0.757. The smallest absolute Gasteiger partial charge is 0.258 e. The number of halogens is 1. The van der Waals surface area contributed by atoms with E-state index in [4.69, 9.17) is 21.1 Å². The van der Waals surface area contributed by atoms with Crippen LogP contribution in [-0.4, -0.2) is 42.5 Å². The number of hydrogen-bond acceptors (Lipinski definition) is 6. The summed E-state index contributed by atoms with van der Waals surface area (Å²) in [6.07, 6.45) is 2.06. The second-order valence-corrected chi connectivity index (χ2v) is 9.43. The van der Waals surface area contributed by atoms with E-state index >= 15 is 0 Å². The Morgan fingerprint density at radius 2 is 1.86 bits per heavy atom. The predicted octanol–water partition coefficient (Wildman–Crippen LogP) is 4.96. The Hall–Kier alpha value is -1.61. The van der Waals surface area contributed by atoms with E-state index in [0.717, 1.165) is 27.4 Å². The van der Waals surface area contributed by atoms with Gasteiger partial charge in [-0.2, -0.15) is 16.8 Å². The highest BCUT2D eigenvalue weighted by molar-refractivity contribution is 8.00. The van der Waals surface area contributed by atoms with Crippen LogP contribution < -0.4 is 14.3 Å². The van der Waals surface area contributed by atoms with Crippen LogP contribution in [0.15, 0.2) is 46.3 Å². The van der Waals surface area contributed by atoms with Crippen molar-refractivity contribution in [2.75, 3.05) is 32.0 Å². The molecule has 0 radical (unpaired) electrons. The molecule has 0 N–H and O–H groups in total. The van der Waals surface area contributed by atoms with Crippen molar-refractivity contribution >= 4 is 62.6 Å². The molecule has 3 aromatic rings. The highest BCUT2D eigenvalue weighted by Crippen LogP contribution is 2.33. The van der Waals surface area contributed by atoms with Crippen molar-refractivity contribution in [3.63, 3.8) is 0 Å². The molecule has 0 saturated heterocycles. The minimum atomic E-state index is -0.173. The van der Waals surface area contributed by atoms with Gasteiger partial charge < -0.3 is 14.0 Å². The lowest BCUT2D eigenvalue weighted by atomic mass is 10.3.